The van der Waals surface area contributed by atoms with Crippen molar-refractivity contribution in [3.05, 3.63) is 84.5 Å². The van der Waals surface area contributed by atoms with Gasteiger partial charge in [0.15, 0.2) is 22.9 Å². The van der Waals surface area contributed by atoms with E-state index in [9.17, 15) is 14.4 Å². The van der Waals surface area contributed by atoms with Gasteiger partial charge in [0.25, 0.3) is 17.4 Å². The van der Waals surface area contributed by atoms with Crippen molar-refractivity contribution in [2.45, 2.75) is 46.6 Å². The first-order valence-corrected chi connectivity index (χ1v) is 16.2. The van der Waals surface area contributed by atoms with Crippen molar-refractivity contribution in [3.8, 4) is 17.2 Å². The molecule has 0 saturated carbocycles. The number of aromatic nitrogens is 1. The Bertz CT molecular complexity index is 1780. The summed E-state index contributed by atoms with van der Waals surface area (Å²) in [5.41, 5.74) is 2.19. The van der Waals surface area contributed by atoms with Gasteiger partial charge in [0.1, 0.15) is 11.8 Å². The van der Waals surface area contributed by atoms with E-state index in [1.165, 1.54) is 11.3 Å². The lowest BCUT2D eigenvalue weighted by Gasteiger charge is -2.29. The molecule has 5 rings (SSSR count). The normalized spacial score (nSPS) is 16.3. The van der Waals surface area contributed by atoms with E-state index in [4.69, 9.17) is 19.2 Å². The summed E-state index contributed by atoms with van der Waals surface area (Å²) >= 11 is 1.26. The van der Waals surface area contributed by atoms with Crippen molar-refractivity contribution < 1.29 is 23.8 Å². The largest absolute Gasteiger partial charge is 0.496 e. The Labute approximate surface area is 266 Å². The smallest absolute Gasteiger partial charge is 0.271 e. The SMILES string of the molecule is CCOc1cc(/C=c2\sc3n(c2=O)[C@H](c2ccccc2OC)C(C(=O)N(CC)CC)=C(C)N=3)ccc1OCC(=O)N1CCCC1. The van der Waals surface area contributed by atoms with E-state index >= 15 is 0 Å². The quantitative estimate of drug-likeness (QED) is 0.321. The highest BCUT2D eigenvalue weighted by atomic mass is 32.1. The fourth-order valence-corrected chi connectivity index (χ4v) is 6.86. The summed E-state index contributed by atoms with van der Waals surface area (Å²) in [6.07, 6.45) is 3.82. The number of thiazole rings is 1. The zero-order valence-corrected chi connectivity index (χ0v) is 27.3. The second kappa shape index (κ2) is 14.2. The highest BCUT2D eigenvalue weighted by molar-refractivity contribution is 7.07. The lowest BCUT2D eigenvalue weighted by Crippen LogP contribution is -2.43. The van der Waals surface area contributed by atoms with Gasteiger partial charge in [-0.05, 0) is 70.4 Å². The van der Waals surface area contributed by atoms with Gasteiger partial charge < -0.3 is 24.0 Å². The molecule has 0 N–H and O–H groups in total. The summed E-state index contributed by atoms with van der Waals surface area (Å²) in [6.45, 7) is 10.5. The number of likely N-dealkylation sites (tertiary alicyclic amines) is 1. The van der Waals surface area contributed by atoms with E-state index in [0.717, 1.165) is 31.5 Å². The van der Waals surface area contributed by atoms with Crippen LogP contribution in [-0.2, 0) is 9.59 Å². The van der Waals surface area contributed by atoms with Gasteiger partial charge in [-0.1, -0.05) is 35.6 Å². The van der Waals surface area contributed by atoms with Crippen molar-refractivity contribution in [1.29, 1.82) is 0 Å². The second-order valence-corrected chi connectivity index (χ2v) is 11.8. The molecule has 2 aliphatic rings. The molecule has 10 nitrogen and oxygen atoms in total. The zero-order chi connectivity index (χ0) is 32.1. The van der Waals surface area contributed by atoms with Gasteiger partial charge in [-0.3, -0.25) is 19.0 Å². The Kier molecular flexibility index (Phi) is 10.1. The van der Waals surface area contributed by atoms with Gasteiger partial charge in [0.05, 0.1) is 29.5 Å². The molecular formula is C34H40N4O6S. The van der Waals surface area contributed by atoms with E-state index < -0.39 is 6.04 Å². The third-order valence-corrected chi connectivity index (χ3v) is 9.09. The first kappa shape index (κ1) is 32.0. The molecule has 2 aliphatic heterocycles. The zero-order valence-electron chi connectivity index (χ0n) is 26.5. The minimum atomic E-state index is -0.712. The molecule has 0 spiro atoms. The molecule has 1 atom stereocenters. The molecule has 2 aromatic carbocycles. The fourth-order valence-electron chi connectivity index (χ4n) is 5.81. The van der Waals surface area contributed by atoms with Gasteiger partial charge in [-0.2, -0.15) is 0 Å². The van der Waals surface area contributed by atoms with Crippen molar-refractivity contribution in [2.75, 3.05) is 46.5 Å². The summed E-state index contributed by atoms with van der Waals surface area (Å²) in [7, 11) is 1.58. The van der Waals surface area contributed by atoms with Crippen LogP contribution in [0.3, 0.4) is 0 Å². The van der Waals surface area contributed by atoms with Crippen LogP contribution in [0.5, 0.6) is 17.2 Å². The van der Waals surface area contributed by atoms with E-state index in [2.05, 4.69) is 0 Å². The predicted octanol–water partition coefficient (Wildman–Crippen LogP) is 3.51. The maximum absolute atomic E-state index is 14.2. The summed E-state index contributed by atoms with van der Waals surface area (Å²) < 4.78 is 19.5. The Morgan fingerprint density at radius 3 is 2.44 bits per heavy atom. The molecule has 2 amide bonds. The van der Waals surface area contributed by atoms with Gasteiger partial charge in [-0.15, -0.1) is 0 Å². The molecule has 1 fully saturated rings. The Balaban J connectivity index is 1.56. The predicted molar refractivity (Wildman–Crippen MR) is 174 cm³/mol. The van der Waals surface area contributed by atoms with Crippen LogP contribution in [0.15, 0.2) is 63.5 Å². The van der Waals surface area contributed by atoms with Gasteiger partial charge in [-0.25, -0.2) is 4.99 Å². The molecule has 1 saturated heterocycles. The van der Waals surface area contributed by atoms with Crippen LogP contribution in [0.4, 0.5) is 0 Å². The highest BCUT2D eigenvalue weighted by Gasteiger charge is 2.35. The van der Waals surface area contributed by atoms with Crippen LogP contribution < -0.4 is 29.1 Å². The van der Waals surface area contributed by atoms with Gasteiger partial charge in [0, 0.05) is 31.7 Å². The maximum atomic E-state index is 14.2. The van der Waals surface area contributed by atoms with Crippen LogP contribution in [0.25, 0.3) is 6.08 Å². The van der Waals surface area contributed by atoms with Crippen LogP contribution in [0, 0.1) is 0 Å². The molecule has 3 aromatic rings. The number of likely N-dealkylation sites (N-methyl/N-ethyl adjacent to an activating group) is 1. The Morgan fingerprint density at radius 2 is 1.76 bits per heavy atom. The summed E-state index contributed by atoms with van der Waals surface area (Å²) in [5.74, 6) is 1.33. The molecule has 11 heteroatoms. The highest BCUT2D eigenvalue weighted by Crippen LogP contribution is 2.36. The molecule has 45 heavy (non-hydrogen) atoms. The number of ether oxygens (including phenoxy) is 3. The number of hydrogen-bond donors (Lipinski definition) is 0. The molecule has 1 aromatic heterocycles. The molecular weight excluding hydrogens is 592 g/mol. The number of para-hydroxylation sites is 1. The molecule has 3 heterocycles. The maximum Gasteiger partial charge on any atom is 0.271 e. The minimum absolute atomic E-state index is 0.0427. The third-order valence-electron chi connectivity index (χ3n) is 8.11. The van der Waals surface area contributed by atoms with Crippen LogP contribution in [-0.4, -0.2) is 72.7 Å². The number of methoxy groups -OCH3 is 1. The van der Waals surface area contributed by atoms with Crippen LogP contribution in [0.2, 0.25) is 0 Å². The van der Waals surface area contributed by atoms with Crippen LogP contribution >= 0.6 is 11.3 Å². The molecule has 0 aliphatic carbocycles. The first-order valence-electron chi connectivity index (χ1n) is 15.4. The van der Waals surface area contributed by atoms with Crippen molar-refractivity contribution in [1.82, 2.24) is 14.4 Å². The number of benzene rings is 2. The number of carbonyl (C=O) groups excluding carboxylic acids is 2. The summed E-state index contributed by atoms with van der Waals surface area (Å²) in [4.78, 5) is 49.4. The first-order chi connectivity index (χ1) is 21.8. The Hall–Kier alpha value is -4.38. The average molecular weight is 633 g/mol. The monoisotopic (exact) mass is 632 g/mol. The summed E-state index contributed by atoms with van der Waals surface area (Å²) in [5, 5.41) is 0. The molecule has 0 unspecified atom stereocenters. The molecule has 238 valence electrons. The van der Waals surface area contributed by atoms with Crippen LogP contribution in [0.1, 0.15) is 57.7 Å². The van der Waals surface area contributed by atoms with Crippen molar-refractivity contribution in [2.24, 2.45) is 4.99 Å². The number of fused-ring (bicyclic) bond motifs is 1. The van der Waals surface area contributed by atoms with Crippen molar-refractivity contribution >= 4 is 29.2 Å². The van der Waals surface area contributed by atoms with E-state index in [1.54, 1.807) is 34.8 Å². The second-order valence-electron chi connectivity index (χ2n) is 10.8. The van der Waals surface area contributed by atoms with Gasteiger partial charge >= 0.3 is 0 Å². The third kappa shape index (κ3) is 6.54. The molecule has 0 radical (unpaired) electrons. The van der Waals surface area contributed by atoms with E-state index in [1.807, 2.05) is 62.9 Å². The standard InChI is InChI=1S/C34H40N4O6S/c1-6-36(7-2)33(41)30-22(4)35-34-38(31(30)24-13-9-10-14-25(24)42-5)32(40)28(45-34)20-23-15-16-26(27(19-23)43-8-3)44-21-29(39)37-17-11-12-18-37/h9-10,13-16,19-20,31H,6-8,11-12,17-18,21H2,1-5H3/b28-20-/t31-/m1/s1. The van der Waals surface area contributed by atoms with E-state index in [0.29, 0.717) is 63.1 Å². The number of amides is 2. The lowest BCUT2D eigenvalue weighted by atomic mass is 9.94. The average Bonchev–Trinajstić information content (AvgIpc) is 3.69. The Morgan fingerprint density at radius 1 is 1.02 bits per heavy atom. The molecule has 0 bridgehead atoms. The topological polar surface area (TPSA) is 103 Å². The van der Waals surface area contributed by atoms with Gasteiger partial charge in [0.2, 0.25) is 0 Å². The number of carbonyl (C=O) groups is 2. The minimum Gasteiger partial charge on any atom is -0.496 e. The lowest BCUT2D eigenvalue weighted by molar-refractivity contribution is -0.132. The number of nitrogens with zero attached hydrogens (tertiary/aromatic N) is 4. The summed E-state index contributed by atoms with van der Waals surface area (Å²) in [6, 6.07) is 12.1. The number of hydrogen-bond acceptors (Lipinski definition) is 8. The van der Waals surface area contributed by atoms with Crippen molar-refractivity contribution in [3.63, 3.8) is 0 Å². The van der Waals surface area contributed by atoms with E-state index in [-0.39, 0.29) is 24.0 Å². The number of rotatable bonds is 11. The fraction of sp³-hybridized carbons (Fsp3) is 0.412. The number of allylic oxidation sites excluding steroid dienone is 1.